The summed E-state index contributed by atoms with van der Waals surface area (Å²) in [5.74, 6) is -1.09. The maximum atomic E-state index is 13.0. The molecule has 0 aliphatic carbocycles. The standard InChI is InChI=1S/C20H18FN3O2.ClH/c1-14-3-2-4-16(9-14)11-24-12-19(22-13-24)23-20(26)8-6-15-5-7-17(21)18(25)10-15;/h2-10,12-13,25H,11H2,1H3,(H,23,26);1H/b8-6+;. The molecule has 0 saturated carbocycles. The molecule has 2 N–H and O–H groups in total. The number of aromatic hydroxyl groups is 1. The highest BCUT2D eigenvalue weighted by Gasteiger charge is 2.04. The topological polar surface area (TPSA) is 67.2 Å². The van der Waals surface area contributed by atoms with E-state index in [9.17, 15) is 14.3 Å². The number of rotatable bonds is 5. The predicted molar refractivity (Wildman–Crippen MR) is 105 cm³/mol. The second-order valence-electron chi connectivity index (χ2n) is 5.95. The summed E-state index contributed by atoms with van der Waals surface area (Å²) >= 11 is 0. The van der Waals surface area contributed by atoms with Crippen LogP contribution in [0, 0.1) is 12.7 Å². The van der Waals surface area contributed by atoms with Crippen molar-refractivity contribution in [3.8, 4) is 5.75 Å². The monoisotopic (exact) mass is 387 g/mol. The molecule has 0 saturated heterocycles. The van der Waals surface area contributed by atoms with Gasteiger partial charge in [-0.25, -0.2) is 9.37 Å². The Hall–Kier alpha value is -3.12. The van der Waals surface area contributed by atoms with Crippen LogP contribution in [0.25, 0.3) is 6.08 Å². The molecule has 27 heavy (non-hydrogen) atoms. The minimum atomic E-state index is -0.703. The number of carbonyl (C=O) groups excluding carboxylic acids is 1. The minimum Gasteiger partial charge on any atom is -0.505 e. The zero-order valence-electron chi connectivity index (χ0n) is 14.6. The van der Waals surface area contributed by atoms with Crippen LogP contribution in [0.15, 0.2) is 61.1 Å². The average Bonchev–Trinajstić information content (AvgIpc) is 3.03. The van der Waals surface area contributed by atoms with Crippen molar-refractivity contribution >= 4 is 30.2 Å². The molecular weight excluding hydrogens is 369 g/mol. The summed E-state index contributed by atoms with van der Waals surface area (Å²) in [5, 5.41) is 12.0. The second-order valence-corrected chi connectivity index (χ2v) is 5.95. The Morgan fingerprint density at radius 1 is 1.30 bits per heavy atom. The third-order valence-electron chi connectivity index (χ3n) is 3.73. The molecule has 140 valence electrons. The normalized spacial score (nSPS) is 10.6. The Labute approximate surface area is 162 Å². The van der Waals surface area contributed by atoms with Crippen molar-refractivity contribution in [3.63, 3.8) is 0 Å². The molecule has 7 heteroatoms. The molecule has 0 radical (unpaired) electrons. The predicted octanol–water partition coefficient (Wildman–Crippen LogP) is 4.16. The van der Waals surface area contributed by atoms with Crippen molar-refractivity contribution in [3.05, 3.63) is 83.6 Å². The van der Waals surface area contributed by atoms with Gasteiger partial charge in [-0.1, -0.05) is 35.9 Å². The molecular formula is C20H19ClFN3O2. The zero-order chi connectivity index (χ0) is 18.5. The van der Waals surface area contributed by atoms with E-state index in [-0.39, 0.29) is 18.3 Å². The largest absolute Gasteiger partial charge is 0.505 e. The maximum Gasteiger partial charge on any atom is 0.249 e. The quantitative estimate of drug-likeness (QED) is 0.646. The molecule has 5 nitrogen and oxygen atoms in total. The van der Waals surface area contributed by atoms with E-state index in [2.05, 4.69) is 16.4 Å². The van der Waals surface area contributed by atoms with E-state index >= 15 is 0 Å². The number of benzene rings is 2. The molecule has 0 bridgehead atoms. The van der Waals surface area contributed by atoms with Crippen LogP contribution < -0.4 is 5.32 Å². The van der Waals surface area contributed by atoms with Crippen LogP contribution in [-0.4, -0.2) is 20.6 Å². The van der Waals surface area contributed by atoms with E-state index in [1.165, 1.54) is 29.8 Å². The van der Waals surface area contributed by atoms with Crippen LogP contribution in [0.2, 0.25) is 0 Å². The van der Waals surface area contributed by atoms with Crippen LogP contribution in [0.5, 0.6) is 5.75 Å². The van der Waals surface area contributed by atoms with E-state index in [0.717, 1.165) is 11.6 Å². The number of hydrogen-bond acceptors (Lipinski definition) is 3. The second kappa shape index (κ2) is 9.00. The average molecular weight is 388 g/mol. The lowest BCUT2D eigenvalue weighted by Crippen LogP contribution is -2.08. The zero-order valence-corrected chi connectivity index (χ0v) is 15.4. The summed E-state index contributed by atoms with van der Waals surface area (Å²) in [6.07, 6.45) is 6.18. The molecule has 0 unspecified atom stereocenters. The fourth-order valence-electron chi connectivity index (χ4n) is 2.51. The van der Waals surface area contributed by atoms with Crippen molar-refractivity contribution in [2.24, 2.45) is 0 Å². The van der Waals surface area contributed by atoms with Gasteiger partial charge in [-0.05, 0) is 36.3 Å². The Bertz CT molecular complexity index is 969. The number of amides is 1. The summed E-state index contributed by atoms with van der Waals surface area (Å²) in [6, 6.07) is 12.0. The molecule has 3 aromatic rings. The van der Waals surface area contributed by atoms with E-state index in [1.54, 1.807) is 12.5 Å². The number of phenolic OH excluding ortho intramolecular Hbond substituents is 1. The lowest BCUT2D eigenvalue weighted by atomic mass is 10.1. The first-order chi connectivity index (χ1) is 12.5. The van der Waals surface area contributed by atoms with Crippen molar-refractivity contribution < 1.29 is 14.3 Å². The van der Waals surface area contributed by atoms with Gasteiger partial charge in [-0.3, -0.25) is 4.79 Å². The number of phenols is 1. The van der Waals surface area contributed by atoms with Crippen LogP contribution in [-0.2, 0) is 11.3 Å². The van der Waals surface area contributed by atoms with Gasteiger partial charge in [-0.15, -0.1) is 12.4 Å². The summed E-state index contributed by atoms with van der Waals surface area (Å²) in [5.41, 5.74) is 2.86. The van der Waals surface area contributed by atoms with Gasteiger partial charge in [0.2, 0.25) is 5.91 Å². The van der Waals surface area contributed by atoms with E-state index < -0.39 is 11.6 Å². The van der Waals surface area contributed by atoms with E-state index in [1.807, 2.05) is 29.7 Å². The summed E-state index contributed by atoms with van der Waals surface area (Å²) in [7, 11) is 0. The van der Waals surface area contributed by atoms with Crippen LogP contribution >= 0.6 is 12.4 Å². The van der Waals surface area contributed by atoms with E-state index in [0.29, 0.717) is 17.9 Å². The molecule has 0 atom stereocenters. The first-order valence-electron chi connectivity index (χ1n) is 8.04. The first kappa shape index (κ1) is 20.2. The van der Waals surface area contributed by atoms with Gasteiger partial charge < -0.3 is 15.0 Å². The number of imidazole rings is 1. The highest BCUT2D eigenvalue weighted by molar-refractivity contribution is 6.01. The van der Waals surface area contributed by atoms with Gasteiger partial charge >= 0.3 is 0 Å². The van der Waals surface area contributed by atoms with Gasteiger partial charge in [-0.2, -0.15) is 0 Å². The number of nitrogens with one attached hydrogen (secondary N) is 1. The number of halogens is 2. The molecule has 2 aromatic carbocycles. The highest BCUT2D eigenvalue weighted by atomic mass is 35.5. The Morgan fingerprint density at radius 3 is 2.85 bits per heavy atom. The van der Waals surface area contributed by atoms with Crippen molar-refractivity contribution in [1.82, 2.24) is 9.55 Å². The number of nitrogens with zero attached hydrogens (tertiary/aromatic N) is 2. The molecule has 0 aliphatic heterocycles. The molecule has 1 amide bonds. The van der Waals surface area contributed by atoms with E-state index in [4.69, 9.17) is 0 Å². The summed E-state index contributed by atoms with van der Waals surface area (Å²) < 4.78 is 14.9. The Morgan fingerprint density at radius 2 is 2.11 bits per heavy atom. The van der Waals surface area contributed by atoms with Crippen molar-refractivity contribution in [2.75, 3.05) is 5.32 Å². The summed E-state index contributed by atoms with van der Waals surface area (Å²) in [6.45, 7) is 2.70. The Balaban J connectivity index is 0.00000261. The SMILES string of the molecule is Cc1cccc(Cn2cnc(NC(=O)/C=C/c3ccc(F)c(O)c3)c2)c1.Cl. The third kappa shape index (κ3) is 5.69. The number of aryl methyl sites for hydroxylation is 1. The molecule has 1 heterocycles. The van der Waals surface area contributed by atoms with Crippen LogP contribution in [0.4, 0.5) is 10.2 Å². The molecule has 0 fully saturated rings. The fraction of sp³-hybridized carbons (Fsp3) is 0.100. The summed E-state index contributed by atoms with van der Waals surface area (Å²) in [4.78, 5) is 16.1. The number of hydrogen-bond donors (Lipinski definition) is 2. The minimum absolute atomic E-state index is 0. The van der Waals surface area contributed by atoms with Gasteiger partial charge in [0.25, 0.3) is 0 Å². The molecule has 0 spiro atoms. The van der Waals surface area contributed by atoms with Gasteiger partial charge in [0.1, 0.15) is 0 Å². The smallest absolute Gasteiger partial charge is 0.249 e. The number of carbonyl (C=O) groups is 1. The lowest BCUT2D eigenvalue weighted by Gasteiger charge is -2.03. The molecule has 0 aliphatic rings. The highest BCUT2D eigenvalue weighted by Crippen LogP contribution is 2.17. The Kier molecular flexibility index (Phi) is 6.73. The van der Waals surface area contributed by atoms with Crippen LogP contribution in [0.3, 0.4) is 0 Å². The first-order valence-corrected chi connectivity index (χ1v) is 8.04. The van der Waals surface area contributed by atoms with Gasteiger partial charge in [0.05, 0.1) is 6.33 Å². The van der Waals surface area contributed by atoms with Crippen molar-refractivity contribution in [1.29, 1.82) is 0 Å². The van der Waals surface area contributed by atoms with Gasteiger partial charge in [0.15, 0.2) is 17.4 Å². The fourth-order valence-corrected chi connectivity index (χ4v) is 2.51. The van der Waals surface area contributed by atoms with Gasteiger partial charge in [0, 0.05) is 18.8 Å². The molecule has 3 rings (SSSR count). The van der Waals surface area contributed by atoms with Crippen LogP contribution in [0.1, 0.15) is 16.7 Å². The van der Waals surface area contributed by atoms with Crippen molar-refractivity contribution in [2.45, 2.75) is 13.5 Å². The number of anilines is 1. The molecule has 1 aromatic heterocycles. The number of aromatic nitrogens is 2. The third-order valence-corrected chi connectivity index (χ3v) is 3.73. The lowest BCUT2D eigenvalue weighted by molar-refractivity contribution is -0.111. The maximum absolute atomic E-state index is 13.0.